The predicted molar refractivity (Wildman–Crippen MR) is 75.7 cm³/mol. The molecule has 110 valence electrons. The Hall–Kier alpha value is -1.05. The number of ether oxygens (including phenoxy) is 1. The molecule has 0 radical (unpaired) electrons. The fourth-order valence-corrected chi connectivity index (χ4v) is 3.68. The minimum Gasteiger partial charge on any atom is -0.354 e. The van der Waals surface area contributed by atoms with E-state index in [0.29, 0.717) is 23.7 Å². The second kappa shape index (κ2) is 5.38. The first kappa shape index (κ1) is 13.9. The highest BCUT2D eigenvalue weighted by Crippen LogP contribution is 2.35. The van der Waals surface area contributed by atoms with Crippen LogP contribution in [0.1, 0.15) is 35.1 Å². The Morgan fingerprint density at radius 2 is 2.15 bits per heavy atom. The van der Waals surface area contributed by atoms with E-state index in [2.05, 4.69) is 21.4 Å². The molecule has 0 aromatic carbocycles. The summed E-state index contributed by atoms with van der Waals surface area (Å²) in [5.74, 6) is 0.0277. The number of rotatable bonds is 2. The normalized spacial score (nSPS) is 22.6. The van der Waals surface area contributed by atoms with Gasteiger partial charge in [0.2, 0.25) is 0 Å². The number of piperidine rings is 1. The smallest absolute Gasteiger partial charge is 0.269 e. The molecule has 0 saturated carbocycles. The Morgan fingerprint density at radius 3 is 2.75 bits per heavy atom. The fourth-order valence-electron chi connectivity index (χ4n) is 3.08. The van der Waals surface area contributed by atoms with E-state index in [0.717, 1.165) is 32.5 Å². The predicted octanol–water partition coefficient (Wildman–Crippen LogP) is 1.13. The van der Waals surface area contributed by atoms with Gasteiger partial charge in [-0.15, -0.1) is 5.10 Å². The van der Waals surface area contributed by atoms with Crippen LogP contribution < -0.4 is 0 Å². The summed E-state index contributed by atoms with van der Waals surface area (Å²) in [5.41, 5.74) is 0.312. The molecule has 1 aromatic heterocycles. The first-order chi connectivity index (χ1) is 9.66. The second-order valence-electron chi connectivity index (χ2n) is 5.37. The Bertz CT molecular complexity index is 496. The third-order valence-electron chi connectivity index (χ3n) is 4.35. The van der Waals surface area contributed by atoms with Gasteiger partial charge in [-0.2, -0.15) is 0 Å². The molecule has 0 bridgehead atoms. The van der Waals surface area contributed by atoms with E-state index in [1.54, 1.807) is 0 Å². The number of aromatic nitrogens is 2. The first-order valence-electron chi connectivity index (χ1n) is 7.13. The van der Waals surface area contributed by atoms with Crippen LogP contribution in [0.2, 0.25) is 0 Å². The van der Waals surface area contributed by atoms with Crippen molar-refractivity contribution in [3.05, 3.63) is 10.6 Å². The van der Waals surface area contributed by atoms with Gasteiger partial charge in [-0.05, 0) is 25.0 Å². The first-order valence-corrected chi connectivity index (χ1v) is 7.91. The molecule has 6 nitrogen and oxygen atoms in total. The van der Waals surface area contributed by atoms with Gasteiger partial charge in [0, 0.05) is 32.5 Å². The van der Waals surface area contributed by atoms with E-state index in [1.165, 1.54) is 11.5 Å². The number of hydrogen-bond donors (Lipinski definition) is 0. The van der Waals surface area contributed by atoms with Gasteiger partial charge in [0.1, 0.15) is 10.6 Å². The van der Waals surface area contributed by atoms with Crippen molar-refractivity contribution in [3.8, 4) is 0 Å². The van der Waals surface area contributed by atoms with E-state index in [9.17, 15) is 4.79 Å². The lowest BCUT2D eigenvalue weighted by molar-refractivity contribution is -0.104. The second-order valence-corrected chi connectivity index (χ2v) is 6.13. The number of amides is 1. The van der Waals surface area contributed by atoms with Crippen molar-refractivity contribution in [2.24, 2.45) is 0 Å². The summed E-state index contributed by atoms with van der Waals surface area (Å²) < 4.78 is 9.86. The quantitative estimate of drug-likeness (QED) is 0.819. The number of aryl methyl sites for hydroxylation is 1. The molecule has 2 aliphatic rings. The number of carbonyl (C=O) groups excluding carboxylic acids is 1. The third-order valence-corrected chi connectivity index (χ3v) is 5.17. The van der Waals surface area contributed by atoms with Crippen LogP contribution in [0.4, 0.5) is 0 Å². The van der Waals surface area contributed by atoms with E-state index in [4.69, 9.17) is 4.74 Å². The molecule has 2 aliphatic heterocycles. The molecule has 0 N–H and O–H groups in total. The zero-order valence-electron chi connectivity index (χ0n) is 12.0. The summed E-state index contributed by atoms with van der Waals surface area (Å²) in [4.78, 5) is 17.7. The summed E-state index contributed by atoms with van der Waals surface area (Å²) in [6.45, 7) is 8.33. The highest BCUT2D eigenvalue weighted by molar-refractivity contribution is 7.07. The molecule has 7 heteroatoms. The Labute approximate surface area is 122 Å². The van der Waals surface area contributed by atoms with E-state index in [1.807, 2.05) is 11.8 Å². The molecule has 3 heterocycles. The monoisotopic (exact) mass is 296 g/mol. The lowest BCUT2D eigenvalue weighted by atomic mass is 9.98. The molecule has 20 heavy (non-hydrogen) atoms. The summed E-state index contributed by atoms with van der Waals surface area (Å²) in [6.07, 6.45) is 1.77. The Kier molecular flexibility index (Phi) is 3.74. The van der Waals surface area contributed by atoms with Gasteiger partial charge in [0.15, 0.2) is 0 Å². The van der Waals surface area contributed by atoms with Gasteiger partial charge in [-0.3, -0.25) is 4.79 Å². The summed E-state index contributed by atoms with van der Waals surface area (Å²) in [7, 11) is 0. The molecule has 1 spiro atoms. The van der Waals surface area contributed by atoms with Gasteiger partial charge in [0.05, 0.1) is 12.3 Å². The molecule has 1 aromatic rings. The third kappa shape index (κ3) is 2.23. The van der Waals surface area contributed by atoms with Gasteiger partial charge < -0.3 is 14.5 Å². The number of hydrogen-bond acceptors (Lipinski definition) is 6. The van der Waals surface area contributed by atoms with E-state index >= 15 is 0 Å². The lowest BCUT2D eigenvalue weighted by Gasteiger charge is -2.43. The van der Waals surface area contributed by atoms with Crippen molar-refractivity contribution >= 4 is 17.4 Å². The van der Waals surface area contributed by atoms with Gasteiger partial charge in [-0.1, -0.05) is 11.4 Å². The highest BCUT2D eigenvalue weighted by atomic mass is 32.1. The molecule has 2 saturated heterocycles. The lowest BCUT2D eigenvalue weighted by Crippen LogP contribution is -2.54. The average molecular weight is 296 g/mol. The zero-order chi connectivity index (χ0) is 14.2. The topological polar surface area (TPSA) is 58.6 Å². The Balaban J connectivity index is 1.79. The van der Waals surface area contributed by atoms with Crippen LogP contribution in [-0.4, -0.2) is 63.8 Å². The summed E-state index contributed by atoms with van der Waals surface area (Å²) in [5, 5.41) is 3.94. The van der Waals surface area contributed by atoms with Crippen LogP contribution in [0, 0.1) is 6.92 Å². The maximum absolute atomic E-state index is 12.7. The van der Waals surface area contributed by atoms with Crippen molar-refractivity contribution in [3.63, 3.8) is 0 Å². The van der Waals surface area contributed by atoms with Crippen LogP contribution in [0.3, 0.4) is 0 Å². The van der Waals surface area contributed by atoms with E-state index in [-0.39, 0.29) is 5.91 Å². The van der Waals surface area contributed by atoms with Crippen LogP contribution in [0.5, 0.6) is 0 Å². The number of likely N-dealkylation sites (tertiary alicyclic amines) is 1. The van der Waals surface area contributed by atoms with E-state index < -0.39 is 5.72 Å². The minimum atomic E-state index is -0.404. The van der Waals surface area contributed by atoms with Gasteiger partial charge >= 0.3 is 0 Å². The molecular formula is C13H20N4O2S. The van der Waals surface area contributed by atoms with Gasteiger partial charge in [0.25, 0.3) is 5.91 Å². The summed E-state index contributed by atoms with van der Waals surface area (Å²) >= 11 is 1.18. The van der Waals surface area contributed by atoms with Gasteiger partial charge in [-0.25, -0.2) is 0 Å². The maximum atomic E-state index is 12.7. The molecule has 0 unspecified atom stereocenters. The molecule has 3 rings (SSSR count). The summed E-state index contributed by atoms with van der Waals surface area (Å²) in [6, 6.07) is 0. The molecule has 1 amide bonds. The fraction of sp³-hybridized carbons (Fsp3) is 0.769. The molecule has 2 fully saturated rings. The molecule has 0 atom stereocenters. The number of carbonyl (C=O) groups is 1. The zero-order valence-corrected chi connectivity index (χ0v) is 12.8. The SMILES string of the molecule is CCN1CCC2(CC1)OCCN2C(=O)c1snnc1C. The van der Waals surface area contributed by atoms with Crippen molar-refractivity contribution in [2.75, 3.05) is 32.8 Å². The van der Waals surface area contributed by atoms with Crippen LogP contribution in [0.25, 0.3) is 0 Å². The van der Waals surface area contributed by atoms with Crippen molar-refractivity contribution in [1.82, 2.24) is 19.4 Å². The largest absolute Gasteiger partial charge is 0.354 e. The highest BCUT2D eigenvalue weighted by Gasteiger charge is 2.47. The van der Waals surface area contributed by atoms with Crippen molar-refractivity contribution in [2.45, 2.75) is 32.4 Å². The number of nitrogens with zero attached hydrogens (tertiary/aromatic N) is 4. The van der Waals surface area contributed by atoms with Crippen LogP contribution in [-0.2, 0) is 4.74 Å². The van der Waals surface area contributed by atoms with Crippen molar-refractivity contribution < 1.29 is 9.53 Å². The maximum Gasteiger partial charge on any atom is 0.269 e. The average Bonchev–Trinajstić information content (AvgIpc) is 3.06. The molecular weight excluding hydrogens is 276 g/mol. The standard InChI is InChI=1S/C13H20N4O2S/c1-3-16-6-4-13(5-7-16)17(8-9-19-13)12(18)11-10(2)14-15-20-11/h3-9H2,1-2H3. The van der Waals surface area contributed by atoms with Crippen LogP contribution >= 0.6 is 11.5 Å². The molecule has 0 aliphatic carbocycles. The van der Waals surface area contributed by atoms with Crippen LogP contribution in [0.15, 0.2) is 0 Å². The van der Waals surface area contributed by atoms with Crippen molar-refractivity contribution in [1.29, 1.82) is 0 Å². The Morgan fingerprint density at radius 1 is 1.40 bits per heavy atom. The minimum absolute atomic E-state index is 0.0277.